The number of hydrogen-bond donors (Lipinski definition) is 0. The van der Waals surface area contributed by atoms with E-state index in [9.17, 15) is 22.0 Å². The van der Waals surface area contributed by atoms with Crippen molar-refractivity contribution < 1.29 is 26.7 Å². The maximum absolute atomic E-state index is 13.6. The number of fused-ring (bicyclic) bond motifs is 1. The molecule has 0 aromatic carbocycles. The van der Waals surface area contributed by atoms with Gasteiger partial charge in [-0.3, -0.25) is 9.38 Å². The molecule has 0 spiro atoms. The van der Waals surface area contributed by atoms with E-state index in [2.05, 4.69) is 20.2 Å². The first kappa shape index (κ1) is 18.5. The lowest BCUT2D eigenvalue weighted by atomic mass is 10.2. The molecular weight excluding hydrogens is 385 g/mol. The van der Waals surface area contributed by atoms with Gasteiger partial charge in [0, 0.05) is 36.9 Å². The van der Waals surface area contributed by atoms with Gasteiger partial charge in [-0.15, -0.1) is 10.2 Å². The Labute approximate surface area is 155 Å². The van der Waals surface area contributed by atoms with Gasteiger partial charge in [-0.2, -0.15) is 22.0 Å². The Morgan fingerprint density at radius 3 is 2.39 bits per heavy atom. The number of pyridine rings is 1. The Bertz CT molecular complexity index is 992. The smallest absolute Gasteiger partial charge is 0.425 e. The quantitative estimate of drug-likeness (QED) is 0.607. The molecule has 0 amide bonds. The second kappa shape index (κ2) is 6.35. The zero-order chi connectivity index (χ0) is 20.1. The largest absolute Gasteiger partial charge is 0.464 e. The molecule has 0 bridgehead atoms. The van der Waals surface area contributed by atoms with E-state index < -0.39 is 29.9 Å². The minimum absolute atomic E-state index is 0.144. The summed E-state index contributed by atoms with van der Waals surface area (Å²) in [7, 11) is 0. The number of aromatic nitrogens is 5. The maximum atomic E-state index is 13.6. The number of rotatable bonds is 5. The molecule has 1 atom stereocenters. The van der Waals surface area contributed by atoms with Crippen LogP contribution in [0.25, 0.3) is 16.9 Å². The minimum Gasteiger partial charge on any atom is -0.464 e. The summed E-state index contributed by atoms with van der Waals surface area (Å²) in [5.74, 6) is -4.46. The van der Waals surface area contributed by atoms with Gasteiger partial charge in [0.25, 0.3) is 0 Å². The normalized spacial score (nSPS) is 16.4. The standard InChI is InChI=1S/C17H14F5N5O/c1-16(18,19)15-26-25-12-7-23-11(8-27(12)15)10-4-5-13(24-6-10)28-14(9-2-3-9)17(20,21)22/h4-9,14H,2-3H2,1H3/t14-/m1/s1. The minimum atomic E-state index is -4.47. The van der Waals surface area contributed by atoms with E-state index in [0.29, 0.717) is 25.3 Å². The first-order valence-corrected chi connectivity index (χ1v) is 8.42. The Hall–Kier alpha value is -2.85. The topological polar surface area (TPSA) is 65.2 Å². The van der Waals surface area contributed by atoms with Crippen molar-refractivity contribution in [3.63, 3.8) is 0 Å². The molecule has 1 aliphatic rings. The van der Waals surface area contributed by atoms with Gasteiger partial charge >= 0.3 is 12.1 Å². The number of nitrogens with zero attached hydrogens (tertiary/aromatic N) is 5. The monoisotopic (exact) mass is 399 g/mol. The lowest BCUT2D eigenvalue weighted by molar-refractivity contribution is -0.201. The van der Waals surface area contributed by atoms with E-state index in [0.717, 1.165) is 4.40 Å². The lowest BCUT2D eigenvalue weighted by Gasteiger charge is -2.20. The summed E-state index contributed by atoms with van der Waals surface area (Å²) in [6, 6.07) is 2.76. The van der Waals surface area contributed by atoms with Crippen LogP contribution in [0.5, 0.6) is 5.88 Å². The molecule has 6 nitrogen and oxygen atoms in total. The molecular formula is C17H14F5N5O. The van der Waals surface area contributed by atoms with Crippen LogP contribution in [0.1, 0.15) is 25.6 Å². The van der Waals surface area contributed by atoms with Gasteiger partial charge in [0.05, 0.1) is 11.9 Å². The zero-order valence-electron chi connectivity index (χ0n) is 14.5. The van der Waals surface area contributed by atoms with Crippen LogP contribution in [-0.2, 0) is 5.92 Å². The molecule has 0 aliphatic heterocycles. The van der Waals surface area contributed by atoms with Crippen LogP contribution in [-0.4, -0.2) is 36.8 Å². The highest BCUT2D eigenvalue weighted by atomic mass is 19.4. The Balaban J connectivity index is 1.60. The highest BCUT2D eigenvalue weighted by Crippen LogP contribution is 2.42. The highest BCUT2D eigenvalue weighted by molar-refractivity contribution is 5.59. The average molecular weight is 399 g/mol. The first-order chi connectivity index (χ1) is 13.1. The molecule has 1 fully saturated rings. The fraction of sp³-hybridized carbons (Fsp3) is 0.412. The van der Waals surface area contributed by atoms with Gasteiger partial charge in [0.2, 0.25) is 11.7 Å². The molecule has 0 saturated heterocycles. The third-order valence-electron chi connectivity index (χ3n) is 4.34. The molecule has 0 radical (unpaired) electrons. The second-order valence-electron chi connectivity index (χ2n) is 6.72. The third-order valence-corrected chi connectivity index (χ3v) is 4.34. The number of halogens is 5. The summed E-state index contributed by atoms with van der Waals surface area (Å²) in [6.07, 6.45) is -1.54. The van der Waals surface area contributed by atoms with E-state index in [1.165, 1.54) is 30.7 Å². The Morgan fingerprint density at radius 1 is 1.07 bits per heavy atom. The van der Waals surface area contributed by atoms with Crippen molar-refractivity contribution in [3.05, 3.63) is 36.5 Å². The summed E-state index contributed by atoms with van der Waals surface area (Å²) >= 11 is 0. The van der Waals surface area contributed by atoms with Crippen LogP contribution in [0.15, 0.2) is 30.7 Å². The molecule has 3 aromatic heterocycles. The van der Waals surface area contributed by atoms with Crippen molar-refractivity contribution >= 4 is 5.65 Å². The van der Waals surface area contributed by atoms with Gasteiger partial charge in [-0.25, -0.2) is 4.98 Å². The lowest BCUT2D eigenvalue weighted by Crippen LogP contribution is -2.36. The number of alkyl halides is 5. The SMILES string of the molecule is CC(F)(F)c1nnc2cnc(-c3ccc(O[C@H](C4CC4)C(F)(F)F)nc3)cn12. The van der Waals surface area contributed by atoms with Crippen molar-refractivity contribution in [2.45, 2.75) is 38.0 Å². The van der Waals surface area contributed by atoms with Gasteiger partial charge in [-0.05, 0) is 18.9 Å². The summed E-state index contributed by atoms with van der Waals surface area (Å²) in [6.45, 7) is 0.703. The van der Waals surface area contributed by atoms with Crippen molar-refractivity contribution in [1.29, 1.82) is 0 Å². The molecule has 1 aliphatic carbocycles. The van der Waals surface area contributed by atoms with Gasteiger partial charge < -0.3 is 4.74 Å². The summed E-state index contributed by atoms with van der Waals surface area (Å²) in [5.41, 5.74) is 0.848. The van der Waals surface area contributed by atoms with E-state index in [4.69, 9.17) is 4.74 Å². The molecule has 0 unspecified atom stereocenters. The Kier molecular flexibility index (Phi) is 4.20. The maximum Gasteiger partial charge on any atom is 0.425 e. The fourth-order valence-electron chi connectivity index (χ4n) is 2.81. The van der Waals surface area contributed by atoms with Crippen LogP contribution < -0.4 is 4.74 Å². The van der Waals surface area contributed by atoms with E-state index >= 15 is 0 Å². The summed E-state index contributed by atoms with van der Waals surface area (Å²) in [4.78, 5) is 8.02. The van der Waals surface area contributed by atoms with Crippen molar-refractivity contribution in [2.75, 3.05) is 0 Å². The molecule has 3 heterocycles. The van der Waals surface area contributed by atoms with E-state index in [1.807, 2.05) is 0 Å². The summed E-state index contributed by atoms with van der Waals surface area (Å²) in [5, 5.41) is 7.11. The number of hydrogen-bond acceptors (Lipinski definition) is 5. The molecule has 148 valence electrons. The molecule has 28 heavy (non-hydrogen) atoms. The van der Waals surface area contributed by atoms with E-state index in [-0.39, 0.29) is 17.2 Å². The summed E-state index contributed by atoms with van der Waals surface area (Å²) < 4.78 is 72.6. The third kappa shape index (κ3) is 3.60. The van der Waals surface area contributed by atoms with E-state index in [1.54, 1.807) is 0 Å². The molecule has 3 aromatic rings. The fourth-order valence-corrected chi connectivity index (χ4v) is 2.81. The van der Waals surface area contributed by atoms with Crippen LogP contribution >= 0.6 is 0 Å². The molecule has 1 saturated carbocycles. The molecule has 0 N–H and O–H groups in total. The van der Waals surface area contributed by atoms with Crippen LogP contribution in [0.2, 0.25) is 0 Å². The van der Waals surface area contributed by atoms with Crippen LogP contribution in [0.4, 0.5) is 22.0 Å². The second-order valence-corrected chi connectivity index (χ2v) is 6.72. The van der Waals surface area contributed by atoms with Gasteiger partial charge in [0.15, 0.2) is 11.8 Å². The molecule has 4 rings (SSSR count). The van der Waals surface area contributed by atoms with Crippen molar-refractivity contribution in [1.82, 2.24) is 24.6 Å². The highest BCUT2D eigenvalue weighted by Gasteiger charge is 2.51. The average Bonchev–Trinajstić information content (AvgIpc) is 3.35. The predicted octanol–water partition coefficient (Wildman–Crippen LogP) is 4.02. The predicted molar refractivity (Wildman–Crippen MR) is 86.8 cm³/mol. The van der Waals surface area contributed by atoms with Crippen LogP contribution in [0, 0.1) is 5.92 Å². The zero-order valence-corrected chi connectivity index (χ0v) is 14.5. The van der Waals surface area contributed by atoms with Gasteiger partial charge in [-0.1, -0.05) is 0 Å². The first-order valence-electron chi connectivity index (χ1n) is 8.42. The molecule has 11 heteroatoms. The van der Waals surface area contributed by atoms with Crippen LogP contribution in [0.3, 0.4) is 0 Å². The number of ether oxygens (including phenoxy) is 1. The van der Waals surface area contributed by atoms with Crippen molar-refractivity contribution in [2.24, 2.45) is 5.92 Å². The van der Waals surface area contributed by atoms with Gasteiger partial charge in [0.1, 0.15) is 0 Å². The Morgan fingerprint density at radius 2 is 1.82 bits per heavy atom. The van der Waals surface area contributed by atoms with Crippen molar-refractivity contribution in [3.8, 4) is 17.1 Å².